The highest BCUT2D eigenvalue weighted by Crippen LogP contribution is 2.26. The van der Waals surface area contributed by atoms with E-state index in [0.29, 0.717) is 6.42 Å². The number of nitrogens with one attached hydrogen (secondary N) is 3. The van der Waals surface area contributed by atoms with Crippen molar-refractivity contribution >= 4 is 57.7 Å². The lowest BCUT2D eigenvalue weighted by Gasteiger charge is -2.32. The molecule has 3 N–H and O–H groups in total. The smallest absolute Gasteiger partial charge is 0.321 e. The number of likely N-dealkylation sites (N-methyl/N-ethyl adjacent to an activating group) is 1. The number of rotatable bonds is 6. The molecule has 0 aliphatic carbocycles. The Morgan fingerprint density at radius 3 is 2.68 bits per heavy atom. The van der Waals surface area contributed by atoms with Crippen LogP contribution in [0.4, 0.5) is 16.2 Å². The van der Waals surface area contributed by atoms with Gasteiger partial charge in [0.15, 0.2) is 0 Å². The Balaban J connectivity index is 1.29. The summed E-state index contributed by atoms with van der Waals surface area (Å²) in [4.78, 5) is 30.3. The number of thiophene rings is 1. The zero-order chi connectivity index (χ0) is 25.8. The standard InChI is InChI=1S/C28H30N6O2S/c1-19-15-26-23(18-25(19)30-27(35)17-22-7-4-14-37-22)24(31-32-26)9-8-20-5-3-6-21(16-20)29-28(36)34-12-10-33(2)11-13-34/h3-9,14-16,18H,10-13,17H2,1-2H3,(H,29,36)(H,30,35)(H,31,32). The van der Waals surface area contributed by atoms with Crippen molar-refractivity contribution < 1.29 is 9.59 Å². The molecule has 1 saturated heterocycles. The number of amides is 3. The summed E-state index contributed by atoms with van der Waals surface area (Å²) < 4.78 is 0. The second-order valence-electron chi connectivity index (χ2n) is 9.31. The molecular weight excluding hydrogens is 484 g/mol. The number of carbonyl (C=O) groups excluding carboxylic acids is 2. The van der Waals surface area contributed by atoms with E-state index in [2.05, 4.69) is 32.8 Å². The van der Waals surface area contributed by atoms with Crippen LogP contribution in [-0.2, 0) is 11.2 Å². The lowest BCUT2D eigenvalue weighted by Crippen LogP contribution is -2.48. The van der Waals surface area contributed by atoms with Crippen LogP contribution in [0.15, 0.2) is 53.9 Å². The molecule has 5 rings (SSSR count). The van der Waals surface area contributed by atoms with Crippen LogP contribution in [0.3, 0.4) is 0 Å². The first kappa shape index (κ1) is 24.7. The first-order valence-corrected chi connectivity index (χ1v) is 13.2. The monoisotopic (exact) mass is 514 g/mol. The van der Waals surface area contributed by atoms with Crippen LogP contribution < -0.4 is 10.6 Å². The highest BCUT2D eigenvalue weighted by molar-refractivity contribution is 7.10. The molecule has 4 aromatic rings. The molecule has 2 aromatic carbocycles. The quantitative estimate of drug-likeness (QED) is 0.335. The molecule has 0 bridgehead atoms. The van der Waals surface area contributed by atoms with Crippen molar-refractivity contribution in [3.05, 3.63) is 75.6 Å². The van der Waals surface area contributed by atoms with Crippen molar-refractivity contribution in [2.75, 3.05) is 43.9 Å². The van der Waals surface area contributed by atoms with Gasteiger partial charge in [0.2, 0.25) is 5.91 Å². The van der Waals surface area contributed by atoms with Crippen molar-refractivity contribution in [2.24, 2.45) is 0 Å². The predicted molar refractivity (Wildman–Crippen MR) is 151 cm³/mol. The van der Waals surface area contributed by atoms with Gasteiger partial charge in [-0.25, -0.2) is 4.79 Å². The number of benzene rings is 2. The molecule has 0 unspecified atom stereocenters. The third kappa shape index (κ3) is 6.07. The maximum absolute atomic E-state index is 12.6. The second kappa shape index (κ2) is 11.0. The van der Waals surface area contributed by atoms with E-state index in [4.69, 9.17) is 0 Å². The van der Waals surface area contributed by atoms with Gasteiger partial charge in [0.05, 0.1) is 17.6 Å². The Hall–Kier alpha value is -3.95. The van der Waals surface area contributed by atoms with Crippen LogP contribution in [0.25, 0.3) is 23.1 Å². The lowest BCUT2D eigenvalue weighted by molar-refractivity contribution is -0.115. The Kier molecular flexibility index (Phi) is 7.34. The number of aromatic amines is 1. The number of hydrogen-bond donors (Lipinski definition) is 3. The Bertz CT molecular complexity index is 1430. The van der Waals surface area contributed by atoms with E-state index in [-0.39, 0.29) is 11.9 Å². The number of aromatic nitrogens is 2. The number of fused-ring (bicyclic) bond motifs is 1. The molecule has 0 radical (unpaired) electrons. The number of carbonyl (C=O) groups is 2. The fraction of sp³-hybridized carbons (Fsp3) is 0.250. The summed E-state index contributed by atoms with van der Waals surface area (Å²) in [5.41, 5.74) is 5.12. The third-order valence-electron chi connectivity index (χ3n) is 6.49. The molecule has 2 aromatic heterocycles. The van der Waals surface area contributed by atoms with Gasteiger partial charge in [-0.3, -0.25) is 9.89 Å². The van der Waals surface area contributed by atoms with Gasteiger partial charge in [0.25, 0.3) is 0 Å². The topological polar surface area (TPSA) is 93.4 Å². The highest BCUT2D eigenvalue weighted by atomic mass is 32.1. The molecule has 8 nitrogen and oxygen atoms in total. The van der Waals surface area contributed by atoms with E-state index in [1.165, 1.54) is 0 Å². The SMILES string of the molecule is Cc1cc2[nH]nc(C=Cc3cccc(NC(=O)N4CCN(C)CC4)c3)c2cc1NC(=O)Cc1cccs1. The Labute approximate surface area is 220 Å². The van der Waals surface area contributed by atoms with E-state index < -0.39 is 0 Å². The number of urea groups is 1. The molecule has 0 atom stereocenters. The summed E-state index contributed by atoms with van der Waals surface area (Å²) in [5.74, 6) is -0.0408. The fourth-order valence-corrected chi connectivity index (χ4v) is 5.03. The van der Waals surface area contributed by atoms with Crippen LogP contribution in [0, 0.1) is 6.92 Å². The first-order chi connectivity index (χ1) is 17.9. The molecule has 3 amide bonds. The zero-order valence-corrected chi connectivity index (χ0v) is 21.8. The van der Waals surface area contributed by atoms with Gasteiger partial charge in [0.1, 0.15) is 0 Å². The molecule has 0 spiro atoms. The van der Waals surface area contributed by atoms with Gasteiger partial charge in [-0.15, -0.1) is 11.3 Å². The minimum absolute atomic E-state index is 0.0408. The van der Waals surface area contributed by atoms with Gasteiger partial charge in [-0.05, 0) is 66.9 Å². The Morgan fingerprint density at radius 2 is 1.89 bits per heavy atom. The third-order valence-corrected chi connectivity index (χ3v) is 7.36. The van der Waals surface area contributed by atoms with Crippen molar-refractivity contribution in [1.29, 1.82) is 0 Å². The van der Waals surface area contributed by atoms with Crippen molar-refractivity contribution in [3.8, 4) is 0 Å². The molecule has 9 heteroatoms. The molecule has 1 aliphatic rings. The lowest BCUT2D eigenvalue weighted by atomic mass is 10.1. The van der Waals surface area contributed by atoms with Gasteiger partial charge in [-0.2, -0.15) is 5.10 Å². The first-order valence-electron chi connectivity index (χ1n) is 12.3. The number of anilines is 2. The summed E-state index contributed by atoms with van der Waals surface area (Å²) in [6, 6.07) is 15.5. The van der Waals surface area contributed by atoms with Gasteiger partial charge >= 0.3 is 6.03 Å². The Morgan fingerprint density at radius 1 is 1.05 bits per heavy atom. The average molecular weight is 515 g/mol. The van der Waals surface area contributed by atoms with Gasteiger partial charge in [-0.1, -0.05) is 24.3 Å². The zero-order valence-electron chi connectivity index (χ0n) is 21.0. The minimum Gasteiger partial charge on any atom is -0.326 e. The van der Waals surface area contributed by atoms with Crippen molar-refractivity contribution in [3.63, 3.8) is 0 Å². The van der Waals surface area contributed by atoms with Crippen LogP contribution in [0.5, 0.6) is 0 Å². The number of piperazine rings is 1. The summed E-state index contributed by atoms with van der Waals surface area (Å²) >= 11 is 1.58. The van der Waals surface area contributed by atoms with Crippen LogP contribution >= 0.6 is 11.3 Å². The maximum Gasteiger partial charge on any atom is 0.321 e. The highest BCUT2D eigenvalue weighted by Gasteiger charge is 2.19. The molecular formula is C28H30N6O2S. The molecule has 0 saturated carbocycles. The minimum atomic E-state index is -0.0726. The van der Waals surface area contributed by atoms with Crippen LogP contribution in [0.1, 0.15) is 21.7 Å². The molecule has 1 fully saturated rings. The van der Waals surface area contributed by atoms with E-state index >= 15 is 0 Å². The summed E-state index contributed by atoms with van der Waals surface area (Å²) in [7, 11) is 2.07. The summed E-state index contributed by atoms with van der Waals surface area (Å²) in [5, 5.41) is 16.5. The molecule has 190 valence electrons. The van der Waals surface area contributed by atoms with Crippen LogP contribution in [0.2, 0.25) is 0 Å². The number of hydrogen-bond acceptors (Lipinski definition) is 5. The number of H-pyrrole nitrogens is 1. The molecule has 3 heterocycles. The van der Waals surface area contributed by atoms with Crippen LogP contribution in [-0.4, -0.2) is 65.2 Å². The van der Waals surface area contributed by atoms with Crippen molar-refractivity contribution in [2.45, 2.75) is 13.3 Å². The number of nitrogens with zero attached hydrogens (tertiary/aromatic N) is 3. The second-order valence-corrected chi connectivity index (χ2v) is 10.3. The molecule has 37 heavy (non-hydrogen) atoms. The molecule has 1 aliphatic heterocycles. The fourth-order valence-electron chi connectivity index (χ4n) is 4.33. The predicted octanol–water partition coefficient (Wildman–Crippen LogP) is 5.06. The normalized spacial score (nSPS) is 14.4. The summed E-state index contributed by atoms with van der Waals surface area (Å²) in [6.07, 6.45) is 4.26. The maximum atomic E-state index is 12.6. The average Bonchev–Trinajstić information content (AvgIpc) is 3.53. The van der Waals surface area contributed by atoms with E-state index in [1.54, 1.807) is 11.3 Å². The summed E-state index contributed by atoms with van der Waals surface area (Å²) in [6.45, 7) is 5.19. The number of aryl methyl sites for hydroxylation is 1. The van der Waals surface area contributed by atoms with Gasteiger partial charge < -0.3 is 20.4 Å². The van der Waals surface area contributed by atoms with E-state index in [9.17, 15) is 9.59 Å². The van der Waals surface area contributed by atoms with Crippen molar-refractivity contribution in [1.82, 2.24) is 20.0 Å². The largest absolute Gasteiger partial charge is 0.326 e. The van der Waals surface area contributed by atoms with E-state index in [1.807, 2.05) is 77.9 Å². The van der Waals surface area contributed by atoms with E-state index in [0.717, 1.165) is 70.2 Å². The van der Waals surface area contributed by atoms with Gasteiger partial charge in [0, 0.05) is 47.8 Å².